The van der Waals surface area contributed by atoms with Gasteiger partial charge in [-0.15, -0.1) is 0 Å². The highest BCUT2D eigenvalue weighted by molar-refractivity contribution is 14.1. The average Bonchev–Trinajstić information content (AvgIpc) is 2.48. The summed E-state index contributed by atoms with van der Waals surface area (Å²) in [6.45, 7) is 0. The van der Waals surface area contributed by atoms with Gasteiger partial charge >= 0.3 is 0 Å². The normalized spacial score (nSPS) is 11.9. The van der Waals surface area contributed by atoms with Gasteiger partial charge in [-0.2, -0.15) is 0 Å². The van der Waals surface area contributed by atoms with Crippen LogP contribution in [-0.4, -0.2) is 5.91 Å². The summed E-state index contributed by atoms with van der Waals surface area (Å²) in [5.41, 5.74) is 7.96. The first-order valence-corrected chi connectivity index (χ1v) is 7.59. The van der Waals surface area contributed by atoms with Crippen molar-refractivity contribution in [2.24, 2.45) is 5.73 Å². The molecule has 1 unspecified atom stereocenters. The van der Waals surface area contributed by atoms with Crippen molar-refractivity contribution in [1.29, 1.82) is 0 Å². The highest BCUT2D eigenvalue weighted by atomic mass is 127. The number of carbonyl (C=O) groups excluding carboxylic acids is 1. The third-order valence-electron chi connectivity index (χ3n) is 3.04. The summed E-state index contributed by atoms with van der Waals surface area (Å²) in [7, 11) is 0. The van der Waals surface area contributed by atoms with Gasteiger partial charge in [0.2, 0.25) is 5.91 Å². The Labute approximate surface area is 132 Å². The van der Waals surface area contributed by atoms with Gasteiger partial charge in [-0.1, -0.05) is 30.3 Å². The Morgan fingerprint density at radius 2 is 1.75 bits per heavy atom. The fraction of sp³-hybridized carbons (Fsp3) is 0.188. The second kappa shape index (κ2) is 7.40. The first-order chi connectivity index (χ1) is 9.65. The summed E-state index contributed by atoms with van der Waals surface area (Å²) in [5.74, 6) is -0.00223. The van der Waals surface area contributed by atoms with E-state index in [9.17, 15) is 4.79 Å². The SMILES string of the molecule is NC(CCC(=O)Nc1ccc(I)cc1)c1ccccc1. The number of hydrogen-bond donors (Lipinski definition) is 2. The number of nitrogens with one attached hydrogen (secondary N) is 1. The molecule has 0 aliphatic rings. The molecule has 2 aromatic rings. The van der Waals surface area contributed by atoms with Crippen molar-refractivity contribution in [3.8, 4) is 0 Å². The third kappa shape index (κ3) is 4.61. The smallest absolute Gasteiger partial charge is 0.224 e. The third-order valence-corrected chi connectivity index (χ3v) is 3.76. The highest BCUT2D eigenvalue weighted by Crippen LogP contribution is 2.16. The fourth-order valence-corrected chi connectivity index (χ4v) is 2.27. The Morgan fingerprint density at radius 1 is 1.10 bits per heavy atom. The zero-order valence-corrected chi connectivity index (χ0v) is 13.2. The molecule has 4 heteroatoms. The molecule has 0 spiro atoms. The number of rotatable bonds is 5. The molecule has 2 rings (SSSR count). The van der Waals surface area contributed by atoms with Crippen LogP contribution in [0.15, 0.2) is 54.6 Å². The Balaban J connectivity index is 1.82. The molecule has 0 heterocycles. The summed E-state index contributed by atoms with van der Waals surface area (Å²) in [4.78, 5) is 11.9. The number of benzene rings is 2. The van der Waals surface area contributed by atoms with E-state index in [0.717, 1.165) is 14.8 Å². The van der Waals surface area contributed by atoms with Crippen LogP contribution in [0, 0.1) is 3.57 Å². The fourth-order valence-electron chi connectivity index (χ4n) is 1.91. The van der Waals surface area contributed by atoms with Gasteiger partial charge in [0, 0.05) is 21.7 Å². The van der Waals surface area contributed by atoms with E-state index in [1.54, 1.807) is 0 Å². The molecule has 0 aliphatic heterocycles. The van der Waals surface area contributed by atoms with Crippen LogP contribution in [0.2, 0.25) is 0 Å². The van der Waals surface area contributed by atoms with E-state index in [-0.39, 0.29) is 11.9 Å². The highest BCUT2D eigenvalue weighted by Gasteiger charge is 2.09. The summed E-state index contributed by atoms with van der Waals surface area (Å²) in [5, 5.41) is 2.88. The molecule has 0 bridgehead atoms. The predicted molar refractivity (Wildman–Crippen MR) is 90.4 cm³/mol. The van der Waals surface area contributed by atoms with E-state index in [1.165, 1.54) is 0 Å². The number of carbonyl (C=O) groups is 1. The van der Waals surface area contributed by atoms with Crippen molar-refractivity contribution in [2.45, 2.75) is 18.9 Å². The second-order valence-corrected chi connectivity index (χ2v) is 5.86. The standard InChI is InChI=1S/C16H17IN2O/c17-13-6-8-14(9-7-13)19-16(20)11-10-15(18)12-4-2-1-3-5-12/h1-9,15H,10-11,18H2,(H,19,20). The molecular weight excluding hydrogens is 363 g/mol. The van der Waals surface area contributed by atoms with E-state index in [4.69, 9.17) is 5.73 Å². The van der Waals surface area contributed by atoms with E-state index >= 15 is 0 Å². The van der Waals surface area contributed by atoms with Gasteiger partial charge in [0.15, 0.2) is 0 Å². The van der Waals surface area contributed by atoms with Crippen LogP contribution in [0.25, 0.3) is 0 Å². The minimum absolute atomic E-state index is 0.00223. The van der Waals surface area contributed by atoms with Crippen molar-refractivity contribution >= 4 is 34.2 Å². The summed E-state index contributed by atoms with van der Waals surface area (Å²) in [6, 6.07) is 17.5. The lowest BCUT2D eigenvalue weighted by Crippen LogP contribution is -2.16. The first-order valence-electron chi connectivity index (χ1n) is 6.51. The summed E-state index contributed by atoms with van der Waals surface area (Å²) in [6.07, 6.45) is 1.06. The van der Waals surface area contributed by atoms with Crippen LogP contribution in [0.3, 0.4) is 0 Å². The summed E-state index contributed by atoms with van der Waals surface area (Å²) >= 11 is 2.23. The average molecular weight is 380 g/mol. The molecule has 0 aromatic heterocycles. The molecule has 3 nitrogen and oxygen atoms in total. The van der Waals surface area contributed by atoms with Crippen molar-refractivity contribution in [3.63, 3.8) is 0 Å². The quantitative estimate of drug-likeness (QED) is 0.778. The molecule has 1 atom stereocenters. The maximum Gasteiger partial charge on any atom is 0.224 e. The lowest BCUT2D eigenvalue weighted by Gasteiger charge is -2.12. The Bertz CT molecular complexity index is 554. The maximum atomic E-state index is 11.9. The molecule has 20 heavy (non-hydrogen) atoms. The Morgan fingerprint density at radius 3 is 2.40 bits per heavy atom. The van der Waals surface area contributed by atoms with Crippen molar-refractivity contribution < 1.29 is 4.79 Å². The van der Waals surface area contributed by atoms with Crippen LogP contribution in [0.1, 0.15) is 24.4 Å². The second-order valence-electron chi connectivity index (χ2n) is 4.61. The van der Waals surface area contributed by atoms with Gasteiger partial charge in [-0.25, -0.2) is 0 Å². The van der Waals surface area contributed by atoms with Gasteiger partial charge in [-0.3, -0.25) is 4.79 Å². The van der Waals surface area contributed by atoms with E-state index in [2.05, 4.69) is 27.9 Å². The van der Waals surface area contributed by atoms with Crippen LogP contribution in [0.5, 0.6) is 0 Å². The van der Waals surface area contributed by atoms with Crippen LogP contribution in [-0.2, 0) is 4.79 Å². The van der Waals surface area contributed by atoms with E-state index in [0.29, 0.717) is 12.8 Å². The number of amides is 1. The summed E-state index contributed by atoms with van der Waals surface area (Å²) < 4.78 is 1.15. The van der Waals surface area contributed by atoms with Crippen molar-refractivity contribution in [3.05, 3.63) is 63.7 Å². The zero-order valence-electron chi connectivity index (χ0n) is 11.1. The monoisotopic (exact) mass is 380 g/mol. The number of anilines is 1. The molecule has 104 valence electrons. The van der Waals surface area contributed by atoms with Crippen molar-refractivity contribution in [1.82, 2.24) is 0 Å². The molecule has 0 fully saturated rings. The molecule has 0 saturated heterocycles. The van der Waals surface area contributed by atoms with Crippen LogP contribution < -0.4 is 11.1 Å². The van der Waals surface area contributed by atoms with Crippen molar-refractivity contribution in [2.75, 3.05) is 5.32 Å². The zero-order chi connectivity index (χ0) is 14.4. The lowest BCUT2D eigenvalue weighted by atomic mass is 10.0. The molecule has 1 amide bonds. The Kier molecular flexibility index (Phi) is 5.55. The predicted octanol–water partition coefficient (Wildman–Crippen LogP) is 3.71. The molecular formula is C16H17IN2O. The number of halogens is 1. The molecule has 2 aromatic carbocycles. The van der Waals surface area contributed by atoms with Gasteiger partial charge < -0.3 is 11.1 Å². The van der Waals surface area contributed by atoms with E-state index < -0.39 is 0 Å². The number of nitrogens with two attached hydrogens (primary N) is 1. The topological polar surface area (TPSA) is 55.1 Å². The molecule has 3 N–H and O–H groups in total. The maximum absolute atomic E-state index is 11.9. The van der Waals surface area contributed by atoms with Gasteiger partial charge in [0.1, 0.15) is 0 Å². The van der Waals surface area contributed by atoms with Crippen LogP contribution >= 0.6 is 22.6 Å². The van der Waals surface area contributed by atoms with Gasteiger partial charge in [0.25, 0.3) is 0 Å². The molecule has 0 saturated carbocycles. The van der Waals surface area contributed by atoms with Gasteiger partial charge in [-0.05, 0) is 58.8 Å². The first kappa shape index (κ1) is 15.0. The molecule has 0 aliphatic carbocycles. The molecule has 0 radical (unpaired) electrons. The Hall–Kier alpha value is -1.40. The minimum atomic E-state index is -0.0985. The largest absolute Gasteiger partial charge is 0.326 e. The van der Waals surface area contributed by atoms with E-state index in [1.807, 2.05) is 54.6 Å². The van der Waals surface area contributed by atoms with Gasteiger partial charge in [0.05, 0.1) is 0 Å². The van der Waals surface area contributed by atoms with Crippen LogP contribution in [0.4, 0.5) is 5.69 Å². The lowest BCUT2D eigenvalue weighted by molar-refractivity contribution is -0.116. The number of hydrogen-bond acceptors (Lipinski definition) is 2. The minimum Gasteiger partial charge on any atom is -0.326 e.